The lowest BCUT2D eigenvalue weighted by Crippen LogP contribution is -2.33. The van der Waals surface area contributed by atoms with Crippen LogP contribution in [-0.2, 0) is 20.5 Å². The minimum Gasteiger partial charge on any atom is -0.616 e. The smallest absolute Gasteiger partial charge is 0.356 e. The summed E-state index contributed by atoms with van der Waals surface area (Å²) in [5.74, 6) is -0.345. The zero-order chi connectivity index (χ0) is 24.8. The molecule has 33 heavy (non-hydrogen) atoms. The standard InChI is InChI=1S/C24H51O6PS2/c1-3-4-5-6-7-8-9-10-11-12-13-14-15-16-17-18-20-32-22-23(24(25)31(26,27)28)30-19-21-33(2)29/h23-25H,3-22H2,1-2H3,(H2,26,27,28). The fourth-order valence-electron chi connectivity index (χ4n) is 3.71. The van der Waals surface area contributed by atoms with E-state index < -0.39 is 30.7 Å². The summed E-state index contributed by atoms with van der Waals surface area (Å²) in [6.07, 6.45) is 21.9. The largest absolute Gasteiger partial charge is 0.616 e. The zero-order valence-corrected chi connectivity index (χ0v) is 23.7. The molecule has 0 radical (unpaired) electrons. The predicted molar refractivity (Wildman–Crippen MR) is 144 cm³/mol. The first-order valence-corrected chi connectivity index (χ1v) is 17.6. The van der Waals surface area contributed by atoms with Crippen LogP contribution < -0.4 is 0 Å². The molecule has 0 fully saturated rings. The van der Waals surface area contributed by atoms with Gasteiger partial charge in [0.15, 0.2) is 5.85 Å². The van der Waals surface area contributed by atoms with Crippen molar-refractivity contribution in [2.24, 2.45) is 0 Å². The third-order valence-corrected chi connectivity index (χ3v) is 8.71. The molecule has 3 atom stereocenters. The van der Waals surface area contributed by atoms with Gasteiger partial charge in [-0.25, -0.2) is 0 Å². The Labute approximate surface area is 210 Å². The van der Waals surface area contributed by atoms with E-state index in [-0.39, 0.29) is 12.4 Å². The van der Waals surface area contributed by atoms with Gasteiger partial charge < -0.3 is 24.2 Å². The number of hydrogen-bond donors (Lipinski definition) is 3. The molecule has 0 aliphatic rings. The molecule has 0 amide bonds. The first-order valence-electron chi connectivity index (χ1n) is 13.0. The minimum absolute atomic E-state index is 0.116. The average molecular weight is 531 g/mol. The zero-order valence-electron chi connectivity index (χ0n) is 21.1. The van der Waals surface area contributed by atoms with Crippen LogP contribution in [0.1, 0.15) is 110 Å². The van der Waals surface area contributed by atoms with E-state index in [1.807, 2.05) is 0 Å². The number of aliphatic hydroxyl groups excluding tert-OH is 1. The van der Waals surface area contributed by atoms with Gasteiger partial charge in [-0.05, 0) is 12.2 Å². The molecule has 0 aromatic carbocycles. The van der Waals surface area contributed by atoms with Crippen LogP contribution in [0.25, 0.3) is 0 Å². The van der Waals surface area contributed by atoms with Crippen LogP contribution in [-0.4, -0.2) is 61.5 Å². The van der Waals surface area contributed by atoms with Crippen molar-refractivity contribution in [3.05, 3.63) is 0 Å². The third-order valence-electron chi connectivity index (χ3n) is 5.80. The topological polar surface area (TPSA) is 110 Å². The molecule has 0 spiro atoms. The second-order valence-corrected chi connectivity index (χ2v) is 13.5. The molecule has 0 aromatic heterocycles. The molecule has 3 N–H and O–H groups in total. The molecule has 0 saturated carbocycles. The van der Waals surface area contributed by atoms with Crippen molar-refractivity contribution in [2.45, 2.75) is 122 Å². The number of hydrogen-bond acceptors (Lipinski definition) is 5. The Balaban J connectivity index is 3.58. The Morgan fingerprint density at radius 1 is 0.848 bits per heavy atom. The monoisotopic (exact) mass is 530 g/mol. The van der Waals surface area contributed by atoms with Crippen LogP contribution in [0.5, 0.6) is 0 Å². The van der Waals surface area contributed by atoms with Crippen LogP contribution in [0.2, 0.25) is 0 Å². The molecule has 0 saturated heterocycles. The first-order chi connectivity index (χ1) is 15.8. The highest BCUT2D eigenvalue weighted by molar-refractivity contribution is 7.99. The summed E-state index contributed by atoms with van der Waals surface area (Å²) >= 11 is 0.504. The van der Waals surface area contributed by atoms with E-state index in [2.05, 4.69) is 6.92 Å². The summed E-state index contributed by atoms with van der Waals surface area (Å²) < 4.78 is 27.9. The average Bonchev–Trinajstić information content (AvgIpc) is 2.75. The highest BCUT2D eigenvalue weighted by atomic mass is 32.2. The normalized spacial score (nSPS) is 15.0. The first kappa shape index (κ1) is 33.7. The minimum atomic E-state index is -4.63. The van der Waals surface area contributed by atoms with Crippen molar-refractivity contribution in [1.29, 1.82) is 0 Å². The van der Waals surface area contributed by atoms with Gasteiger partial charge in [-0.3, -0.25) is 4.57 Å². The third kappa shape index (κ3) is 22.9. The van der Waals surface area contributed by atoms with Crippen molar-refractivity contribution < 1.29 is 28.7 Å². The fourth-order valence-corrected chi connectivity index (χ4v) is 5.89. The SMILES string of the molecule is CCCCCCCCCCCCCCCCCCSCC(OCC[S+](C)[O-])C(O)P(=O)(O)O. The van der Waals surface area contributed by atoms with Gasteiger partial charge in [0, 0.05) is 5.75 Å². The number of rotatable bonds is 25. The van der Waals surface area contributed by atoms with E-state index in [1.54, 1.807) is 18.0 Å². The van der Waals surface area contributed by atoms with E-state index in [0.717, 1.165) is 18.6 Å². The van der Waals surface area contributed by atoms with Gasteiger partial charge >= 0.3 is 7.60 Å². The Kier molecular flexibility index (Phi) is 23.7. The lowest BCUT2D eigenvalue weighted by molar-refractivity contribution is 0.00761. The van der Waals surface area contributed by atoms with Crippen molar-refractivity contribution in [3.63, 3.8) is 0 Å². The predicted octanol–water partition coefficient (Wildman–Crippen LogP) is 6.24. The molecule has 0 bridgehead atoms. The van der Waals surface area contributed by atoms with Gasteiger partial charge in [0.05, 0.1) is 12.9 Å². The number of aliphatic hydroxyl groups is 1. The molecule has 0 rings (SSSR count). The summed E-state index contributed by atoms with van der Waals surface area (Å²) in [6, 6.07) is 0. The fraction of sp³-hybridized carbons (Fsp3) is 1.00. The van der Waals surface area contributed by atoms with E-state index in [9.17, 15) is 24.0 Å². The summed E-state index contributed by atoms with van der Waals surface area (Å²) in [5, 5.41) is 9.88. The molecule has 6 nitrogen and oxygen atoms in total. The molecular formula is C24H51O6PS2. The number of unbranched alkanes of at least 4 members (excludes halogenated alkanes) is 15. The van der Waals surface area contributed by atoms with Gasteiger partial charge in [-0.1, -0.05) is 114 Å². The lowest BCUT2D eigenvalue weighted by Gasteiger charge is -2.23. The quantitative estimate of drug-likeness (QED) is 0.0728. The Bertz CT molecular complexity index is 464. The molecule has 0 aliphatic heterocycles. The molecule has 0 heterocycles. The van der Waals surface area contributed by atoms with E-state index in [0.29, 0.717) is 5.75 Å². The van der Waals surface area contributed by atoms with Crippen LogP contribution >= 0.6 is 19.4 Å². The van der Waals surface area contributed by atoms with Crippen LogP contribution in [0.4, 0.5) is 0 Å². The van der Waals surface area contributed by atoms with Crippen LogP contribution in [0.15, 0.2) is 0 Å². The van der Waals surface area contributed by atoms with Gasteiger partial charge in [-0.2, -0.15) is 11.8 Å². The van der Waals surface area contributed by atoms with Gasteiger partial charge in [0.25, 0.3) is 0 Å². The maximum absolute atomic E-state index is 11.4. The maximum Gasteiger partial charge on any atom is 0.356 e. The van der Waals surface area contributed by atoms with Gasteiger partial charge in [0.2, 0.25) is 0 Å². The molecule has 0 aliphatic carbocycles. The van der Waals surface area contributed by atoms with Crippen LogP contribution in [0, 0.1) is 0 Å². The van der Waals surface area contributed by atoms with Crippen molar-refractivity contribution in [2.75, 3.05) is 30.1 Å². The van der Waals surface area contributed by atoms with E-state index in [1.165, 1.54) is 89.9 Å². The van der Waals surface area contributed by atoms with E-state index >= 15 is 0 Å². The molecule has 3 unspecified atom stereocenters. The van der Waals surface area contributed by atoms with E-state index in [4.69, 9.17) is 4.74 Å². The Morgan fingerprint density at radius 3 is 1.67 bits per heavy atom. The lowest BCUT2D eigenvalue weighted by atomic mass is 10.0. The molecule has 0 aromatic rings. The second-order valence-electron chi connectivity index (χ2n) is 9.07. The van der Waals surface area contributed by atoms with Crippen molar-refractivity contribution in [1.82, 2.24) is 0 Å². The molecular weight excluding hydrogens is 479 g/mol. The highest BCUT2D eigenvalue weighted by Crippen LogP contribution is 2.42. The molecule has 200 valence electrons. The number of ether oxygens (including phenoxy) is 1. The summed E-state index contributed by atoms with van der Waals surface area (Å²) in [7, 11) is -4.63. The summed E-state index contributed by atoms with van der Waals surface area (Å²) in [4.78, 5) is 18.5. The van der Waals surface area contributed by atoms with Crippen molar-refractivity contribution >= 4 is 30.5 Å². The second kappa shape index (κ2) is 23.1. The summed E-state index contributed by atoms with van der Waals surface area (Å²) in [6.45, 7) is 2.38. The van der Waals surface area contributed by atoms with Gasteiger partial charge in [0.1, 0.15) is 11.9 Å². The highest BCUT2D eigenvalue weighted by Gasteiger charge is 2.35. The summed E-state index contributed by atoms with van der Waals surface area (Å²) in [5.41, 5.74) is 0. The maximum atomic E-state index is 11.4. The van der Waals surface area contributed by atoms with Gasteiger partial charge in [-0.15, -0.1) is 0 Å². The number of thioether (sulfide) groups is 1. The Morgan fingerprint density at radius 2 is 1.27 bits per heavy atom. The molecule has 9 heteroatoms. The van der Waals surface area contributed by atoms with Crippen molar-refractivity contribution in [3.8, 4) is 0 Å². The van der Waals surface area contributed by atoms with Crippen LogP contribution in [0.3, 0.4) is 0 Å². The Hall–Kier alpha value is 0.730.